The molecule has 2 saturated heterocycles. The van der Waals surface area contributed by atoms with E-state index in [9.17, 15) is 4.79 Å². The summed E-state index contributed by atoms with van der Waals surface area (Å²) in [4.78, 5) is 17.5. The van der Waals surface area contributed by atoms with Crippen LogP contribution in [0.1, 0.15) is 43.2 Å². The van der Waals surface area contributed by atoms with Gasteiger partial charge in [-0.15, -0.1) is 0 Å². The molecule has 4 nitrogen and oxygen atoms in total. The number of carbonyl (C=O) groups is 1. The molecule has 24 heavy (non-hydrogen) atoms. The summed E-state index contributed by atoms with van der Waals surface area (Å²) in [5, 5.41) is 0. The fourth-order valence-corrected chi connectivity index (χ4v) is 4.86. The highest BCUT2D eigenvalue weighted by atomic mass is 16.5. The number of fused-ring (bicyclic) bond motifs is 2. The normalized spacial score (nSPS) is 32.7. The van der Waals surface area contributed by atoms with Gasteiger partial charge in [0.05, 0.1) is 12.1 Å². The Bertz CT molecular complexity index is 651. The molecule has 1 aromatic rings. The first-order chi connectivity index (χ1) is 11.8. The largest absolute Gasteiger partial charge is 0.366 e. The van der Waals surface area contributed by atoms with Gasteiger partial charge in [-0.2, -0.15) is 0 Å². The van der Waals surface area contributed by atoms with Crippen LogP contribution in [-0.4, -0.2) is 48.1 Å². The van der Waals surface area contributed by atoms with Gasteiger partial charge in [-0.05, 0) is 42.7 Å². The number of hydrogen-bond acceptors (Lipinski definition) is 3. The molecule has 2 atom stereocenters. The van der Waals surface area contributed by atoms with E-state index in [0.29, 0.717) is 6.61 Å². The third-order valence-electron chi connectivity index (χ3n) is 6.40. The molecule has 1 spiro atoms. The SMILES string of the molecule is O=C([C@H]1C[C@]2(CO1)c1ccccc1CN2CC1CC1)N1CCCC1. The summed E-state index contributed by atoms with van der Waals surface area (Å²) in [6.07, 6.45) is 5.57. The summed E-state index contributed by atoms with van der Waals surface area (Å²) in [6.45, 7) is 4.66. The molecule has 1 saturated carbocycles. The van der Waals surface area contributed by atoms with Crippen molar-refractivity contribution in [2.24, 2.45) is 5.92 Å². The van der Waals surface area contributed by atoms with E-state index in [1.54, 1.807) is 0 Å². The monoisotopic (exact) mass is 326 g/mol. The van der Waals surface area contributed by atoms with Gasteiger partial charge in [-0.3, -0.25) is 9.69 Å². The van der Waals surface area contributed by atoms with Gasteiger partial charge in [0.25, 0.3) is 5.91 Å². The molecule has 128 valence electrons. The molecule has 0 N–H and O–H groups in total. The summed E-state index contributed by atoms with van der Waals surface area (Å²) >= 11 is 0. The second kappa shape index (κ2) is 5.57. The van der Waals surface area contributed by atoms with Crippen molar-refractivity contribution < 1.29 is 9.53 Å². The lowest BCUT2D eigenvalue weighted by Gasteiger charge is -2.35. The molecule has 3 fully saturated rings. The van der Waals surface area contributed by atoms with Gasteiger partial charge in [-0.25, -0.2) is 0 Å². The smallest absolute Gasteiger partial charge is 0.251 e. The molecular weight excluding hydrogens is 300 g/mol. The molecular formula is C20H26N2O2. The van der Waals surface area contributed by atoms with Gasteiger partial charge in [0.15, 0.2) is 0 Å². The van der Waals surface area contributed by atoms with Crippen molar-refractivity contribution in [2.75, 3.05) is 26.2 Å². The average molecular weight is 326 g/mol. The van der Waals surface area contributed by atoms with Crippen LogP contribution in [0.15, 0.2) is 24.3 Å². The zero-order valence-corrected chi connectivity index (χ0v) is 14.2. The fraction of sp³-hybridized carbons (Fsp3) is 0.650. The zero-order chi connectivity index (χ0) is 16.1. The minimum atomic E-state index is -0.254. The topological polar surface area (TPSA) is 32.8 Å². The number of rotatable bonds is 3. The second-order valence-electron chi connectivity index (χ2n) is 8.05. The Kier molecular flexibility index (Phi) is 3.46. The van der Waals surface area contributed by atoms with Gasteiger partial charge < -0.3 is 9.64 Å². The highest BCUT2D eigenvalue weighted by Gasteiger charge is 2.53. The van der Waals surface area contributed by atoms with Crippen LogP contribution in [0.3, 0.4) is 0 Å². The first-order valence-corrected chi connectivity index (χ1v) is 9.50. The lowest BCUT2D eigenvalue weighted by Crippen LogP contribution is -2.44. The van der Waals surface area contributed by atoms with E-state index >= 15 is 0 Å². The second-order valence-corrected chi connectivity index (χ2v) is 8.05. The third-order valence-corrected chi connectivity index (χ3v) is 6.40. The van der Waals surface area contributed by atoms with E-state index in [-0.39, 0.29) is 17.6 Å². The van der Waals surface area contributed by atoms with Gasteiger partial charge >= 0.3 is 0 Å². The van der Waals surface area contributed by atoms with Crippen molar-refractivity contribution in [1.82, 2.24) is 9.80 Å². The summed E-state index contributed by atoms with van der Waals surface area (Å²) < 4.78 is 6.12. The minimum absolute atomic E-state index is 0.0702. The summed E-state index contributed by atoms with van der Waals surface area (Å²) in [6, 6.07) is 8.78. The summed E-state index contributed by atoms with van der Waals surface area (Å²) in [5.74, 6) is 1.07. The van der Waals surface area contributed by atoms with E-state index in [4.69, 9.17) is 4.74 Å². The molecule has 4 aliphatic rings. The maximum absolute atomic E-state index is 12.8. The maximum atomic E-state index is 12.8. The number of benzene rings is 1. The van der Waals surface area contributed by atoms with Crippen molar-refractivity contribution in [3.05, 3.63) is 35.4 Å². The average Bonchev–Trinajstić information content (AvgIpc) is 3.06. The van der Waals surface area contributed by atoms with Crippen LogP contribution >= 0.6 is 0 Å². The first-order valence-electron chi connectivity index (χ1n) is 9.50. The third kappa shape index (κ3) is 2.31. The van der Waals surface area contributed by atoms with Gasteiger partial charge in [0, 0.05) is 32.6 Å². The molecule has 3 heterocycles. The highest BCUT2D eigenvalue weighted by Crippen LogP contribution is 2.48. The predicted molar refractivity (Wildman–Crippen MR) is 91.4 cm³/mol. The molecule has 1 aromatic carbocycles. The highest BCUT2D eigenvalue weighted by molar-refractivity contribution is 5.81. The summed E-state index contributed by atoms with van der Waals surface area (Å²) in [5.41, 5.74) is 2.76. The van der Waals surface area contributed by atoms with E-state index in [1.165, 1.54) is 24.0 Å². The van der Waals surface area contributed by atoms with Crippen molar-refractivity contribution in [1.29, 1.82) is 0 Å². The fourth-order valence-electron chi connectivity index (χ4n) is 4.86. The Hall–Kier alpha value is -1.39. The predicted octanol–water partition coefficient (Wildman–Crippen LogP) is 2.52. The number of ether oxygens (including phenoxy) is 1. The Morgan fingerprint density at radius 3 is 2.79 bits per heavy atom. The molecule has 3 aliphatic heterocycles. The lowest BCUT2D eigenvalue weighted by atomic mass is 9.86. The van der Waals surface area contributed by atoms with Crippen LogP contribution in [-0.2, 0) is 21.6 Å². The van der Waals surface area contributed by atoms with E-state index in [0.717, 1.165) is 51.4 Å². The maximum Gasteiger partial charge on any atom is 0.251 e. The molecule has 5 rings (SSSR count). The van der Waals surface area contributed by atoms with Crippen LogP contribution < -0.4 is 0 Å². The van der Waals surface area contributed by atoms with Crippen LogP contribution in [0.2, 0.25) is 0 Å². The van der Waals surface area contributed by atoms with E-state index < -0.39 is 0 Å². The lowest BCUT2D eigenvalue weighted by molar-refractivity contribution is -0.139. The van der Waals surface area contributed by atoms with E-state index in [1.807, 2.05) is 4.90 Å². The number of likely N-dealkylation sites (tertiary alicyclic amines) is 1. The summed E-state index contributed by atoms with van der Waals surface area (Å²) in [7, 11) is 0. The van der Waals surface area contributed by atoms with Crippen molar-refractivity contribution in [2.45, 2.75) is 50.3 Å². The first kappa shape index (κ1) is 14.9. The number of amides is 1. The Morgan fingerprint density at radius 2 is 2.00 bits per heavy atom. The van der Waals surface area contributed by atoms with Crippen LogP contribution in [0.25, 0.3) is 0 Å². The number of carbonyl (C=O) groups excluding carboxylic acids is 1. The quantitative estimate of drug-likeness (QED) is 0.856. The molecule has 1 amide bonds. The Balaban J connectivity index is 1.42. The standard InChI is InChI=1S/C20H26N2O2/c23-19(21-9-3-4-10-21)18-11-20(14-24-18)17-6-2-1-5-16(17)13-22(20)12-15-7-8-15/h1-2,5-6,15,18H,3-4,7-14H2/t18-,20+/m1/s1. The van der Waals surface area contributed by atoms with Crippen LogP contribution in [0.4, 0.5) is 0 Å². The minimum Gasteiger partial charge on any atom is -0.366 e. The molecule has 0 bridgehead atoms. The molecule has 0 aromatic heterocycles. The van der Waals surface area contributed by atoms with Gasteiger partial charge in [-0.1, -0.05) is 24.3 Å². The molecule has 0 unspecified atom stereocenters. The van der Waals surface area contributed by atoms with Crippen molar-refractivity contribution in [3.8, 4) is 0 Å². The molecule has 4 heteroatoms. The van der Waals surface area contributed by atoms with Crippen molar-refractivity contribution >= 4 is 5.91 Å². The van der Waals surface area contributed by atoms with Crippen LogP contribution in [0.5, 0.6) is 0 Å². The Morgan fingerprint density at radius 1 is 1.21 bits per heavy atom. The van der Waals surface area contributed by atoms with Gasteiger partial charge in [0.1, 0.15) is 6.10 Å². The number of hydrogen-bond donors (Lipinski definition) is 0. The number of nitrogens with zero attached hydrogens (tertiary/aromatic N) is 2. The Labute approximate surface area is 143 Å². The zero-order valence-electron chi connectivity index (χ0n) is 14.2. The van der Waals surface area contributed by atoms with E-state index in [2.05, 4.69) is 29.2 Å². The van der Waals surface area contributed by atoms with Gasteiger partial charge in [0.2, 0.25) is 0 Å². The van der Waals surface area contributed by atoms with Crippen LogP contribution in [0, 0.1) is 5.92 Å². The van der Waals surface area contributed by atoms with Crippen molar-refractivity contribution in [3.63, 3.8) is 0 Å². The molecule has 1 aliphatic carbocycles. The molecule has 0 radical (unpaired) electrons.